The monoisotopic (exact) mass is 459 g/mol. The Labute approximate surface area is 189 Å². The smallest absolute Gasteiger partial charge is 0.258 e. The molecule has 0 saturated heterocycles. The number of anilines is 1. The standard InChI is InChI=1S/C23H29N3O5S/c1-4-26(5-2)32(29,30)20-10-6-17(7-11-20)16(3)24-23(28)15-31-19-9-12-21-18(14-19)8-13-22(27)25-21/h6-7,9-12,14,16H,4-5,8,13,15H2,1-3H3,(H,24,28)(H,25,27)/t16-/m1/s1. The lowest BCUT2D eigenvalue weighted by atomic mass is 10.0. The summed E-state index contributed by atoms with van der Waals surface area (Å²) in [6.07, 6.45) is 1.07. The zero-order valence-electron chi connectivity index (χ0n) is 18.6. The summed E-state index contributed by atoms with van der Waals surface area (Å²) in [5, 5.41) is 5.67. The summed E-state index contributed by atoms with van der Waals surface area (Å²) in [5.74, 6) is 0.273. The van der Waals surface area contributed by atoms with Crippen molar-refractivity contribution >= 4 is 27.5 Å². The lowest BCUT2D eigenvalue weighted by Gasteiger charge is -2.20. The Hall–Kier alpha value is -2.91. The quantitative estimate of drug-likeness (QED) is 0.600. The highest BCUT2D eigenvalue weighted by Crippen LogP contribution is 2.27. The lowest BCUT2D eigenvalue weighted by molar-refractivity contribution is -0.123. The molecule has 1 heterocycles. The van der Waals surface area contributed by atoms with Crippen LogP contribution in [-0.2, 0) is 26.0 Å². The van der Waals surface area contributed by atoms with Gasteiger partial charge in [0.05, 0.1) is 10.9 Å². The second kappa shape index (κ2) is 10.1. The van der Waals surface area contributed by atoms with E-state index in [1.54, 1.807) is 50.2 Å². The van der Waals surface area contributed by atoms with Gasteiger partial charge in [-0.3, -0.25) is 9.59 Å². The number of sulfonamides is 1. The van der Waals surface area contributed by atoms with Crippen molar-refractivity contribution in [2.75, 3.05) is 25.0 Å². The summed E-state index contributed by atoms with van der Waals surface area (Å²) in [6.45, 7) is 6.10. The van der Waals surface area contributed by atoms with Crippen LogP contribution < -0.4 is 15.4 Å². The van der Waals surface area contributed by atoms with Gasteiger partial charge in [0.2, 0.25) is 15.9 Å². The number of aryl methyl sites for hydroxylation is 1. The van der Waals surface area contributed by atoms with E-state index in [0.717, 1.165) is 16.8 Å². The topological polar surface area (TPSA) is 105 Å². The van der Waals surface area contributed by atoms with E-state index in [0.29, 0.717) is 31.7 Å². The molecule has 2 aromatic rings. The number of carbonyl (C=O) groups excluding carboxylic acids is 2. The number of rotatable bonds is 9. The SMILES string of the molecule is CCN(CC)S(=O)(=O)c1ccc([C@@H](C)NC(=O)COc2ccc3c(c2)CCC(=O)N3)cc1. The first-order valence-corrected chi connectivity index (χ1v) is 12.1. The van der Waals surface area contributed by atoms with Gasteiger partial charge in [0, 0.05) is 25.2 Å². The number of nitrogens with one attached hydrogen (secondary N) is 2. The second-order valence-corrected chi connectivity index (χ2v) is 9.54. The number of nitrogens with zero attached hydrogens (tertiary/aromatic N) is 1. The van der Waals surface area contributed by atoms with E-state index < -0.39 is 10.0 Å². The van der Waals surface area contributed by atoms with Gasteiger partial charge >= 0.3 is 0 Å². The van der Waals surface area contributed by atoms with E-state index in [9.17, 15) is 18.0 Å². The number of hydrogen-bond donors (Lipinski definition) is 2. The second-order valence-electron chi connectivity index (χ2n) is 7.60. The molecule has 0 saturated carbocycles. The van der Waals surface area contributed by atoms with E-state index >= 15 is 0 Å². The third kappa shape index (κ3) is 5.46. The molecule has 0 radical (unpaired) electrons. The Morgan fingerprint density at radius 1 is 1.12 bits per heavy atom. The first kappa shape index (κ1) is 23.7. The van der Waals surface area contributed by atoms with Crippen LogP contribution in [0.3, 0.4) is 0 Å². The van der Waals surface area contributed by atoms with Crippen LogP contribution in [0.2, 0.25) is 0 Å². The minimum Gasteiger partial charge on any atom is -0.484 e. The van der Waals surface area contributed by atoms with Crippen molar-refractivity contribution in [1.29, 1.82) is 0 Å². The van der Waals surface area contributed by atoms with Crippen LogP contribution in [0.1, 0.15) is 44.4 Å². The summed E-state index contributed by atoms with van der Waals surface area (Å²) in [7, 11) is -3.51. The summed E-state index contributed by atoms with van der Waals surface area (Å²) < 4.78 is 32.2. The maximum absolute atomic E-state index is 12.6. The largest absolute Gasteiger partial charge is 0.484 e. The van der Waals surface area contributed by atoms with Gasteiger partial charge in [0.15, 0.2) is 6.61 Å². The van der Waals surface area contributed by atoms with Crippen molar-refractivity contribution < 1.29 is 22.7 Å². The molecule has 0 spiro atoms. The molecule has 8 nitrogen and oxygen atoms in total. The first-order valence-electron chi connectivity index (χ1n) is 10.7. The predicted molar refractivity (Wildman–Crippen MR) is 122 cm³/mol. The van der Waals surface area contributed by atoms with E-state index in [1.807, 2.05) is 13.0 Å². The highest BCUT2D eigenvalue weighted by atomic mass is 32.2. The van der Waals surface area contributed by atoms with Crippen molar-refractivity contribution in [3.63, 3.8) is 0 Å². The van der Waals surface area contributed by atoms with Crippen LogP contribution in [0.5, 0.6) is 5.75 Å². The predicted octanol–water partition coefficient (Wildman–Crippen LogP) is 2.86. The number of carbonyl (C=O) groups is 2. The number of amides is 2. The summed E-state index contributed by atoms with van der Waals surface area (Å²) in [5.41, 5.74) is 2.55. The Balaban J connectivity index is 1.56. The zero-order valence-corrected chi connectivity index (χ0v) is 19.4. The highest BCUT2D eigenvalue weighted by molar-refractivity contribution is 7.89. The van der Waals surface area contributed by atoms with Crippen molar-refractivity contribution in [3.05, 3.63) is 53.6 Å². The molecular weight excluding hydrogens is 430 g/mol. The van der Waals surface area contributed by atoms with Gasteiger partial charge in [-0.2, -0.15) is 4.31 Å². The molecule has 2 amide bonds. The summed E-state index contributed by atoms with van der Waals surface area (Å²) in [4.78, 5) is 24.0. The van der Waals surface area contributed by atoms with Gasteiger partial charge < -0.3 is 15.4 Å². The average Bonchev–Trinajstić information content (AvgIpc) is 2.78. The van der Waals surface area contributed by atoms with Gasteiger partial charge in [0.1, 0.15) is 5.75 Å². The minimum atomic E-state index is -3.51. The number of fused-ring (bicyclic) bond motifs is 1. The molecule has 172 valence electrons. The van der Waals surface area contributed by atoms with Gasteiger partial charge in [-0.05, 0) is 54.8 Å². The maximum Gasteiger partial charge on any atom is 0.258 e. The zero-order chi connectivity index (χ0) is 23.3. The molecule has 2 N–H and O–H groups in total. The van der Waals surface area contributed by atoms with Crippen LogP contribution >= 0.6 is 0 Å². The molecule has 0 aliphatic carbocycles. The van der Waals surface area contributed by atoms with Crippen molar-refractivity contribution in [2.24, 2.45) is 0 Å². The maximum atomic E-state index is 12.6. The molecule has 32 heavy (non-hydrogen) atoms. The average molecular weight is 460 g/mol. The molecule has 0 fully saturated rings. The van der Waals surface area contributed by atoms with Crippen LogP contribution in [0.15, 0.2) is 47.4 Å². The molecule has 3 rings (SSSR count). The van der Waals surface area contributed by atoms with Crippen LogP contribution in [-0.4, -0.2) is 44.2 Å². The first-order chi connectivity index (χ1) is 15.2. The molecule has 1 aliphatic rings. The normalized spacial score (nSPS) is 14.4. The molecular formula is C23H29N3O5S. The fourth-order valence-corrected chi connectivity index (χ4v) is 5.06. The number of hydrogen-bond acceptors (Lipinski definition) is 5. The summed E-state index contributed by atoms with van der Waals surface area (Å²) >= 11 is 0. The molecule has 0 aromatic heterocycles. The van der Waals surface area contributed by atoms with E-state index in [-0.39, 0.29) is 29.4 Å². The molecule has 0 bridgehead atoms. The van der Waals surface area contributed by atoms with Crippen LogP contribution in [0.25, 0.3) is 0 Å². The van der Waals surface area contributed by atoms with Gasteiger partial charge in [-0.1, -0.05) is 26.0 Å². The Kier molecular flexibility index (Phi) is 7.52. The molecule has 1 atom stereocenters. The molecule has 1 aliphatic heterocycles. The third-order valence-corrected chi connectivity index (χ3v) is 7.51. The fourth-order valence-electron chi connectivity index (χ4n) is 3.61. The molecule has 0 unspecified atom stereocenters. The minimum absolute atomic E-state index is 0.00165. The molecule has 2 aromatic carbocycles. The highest BCUT2D eigenvalue weighted by Gasteiger charge is 2.22. The van der Waals surface area contributed by atoms with Gasteiger partial charge in [-0.15, -0.1) is 0 Å². The van der Waals surface area contributed by atoms with Crippen LogP contribution in [0, 0.1) is 0 Å². The number of benzene rings is 2. The fraction of sp³-hybridized carbons (Fsp3) is 0.391. The third-order valence-electron chi connectivity index (χ3n) is 5.44. The van der Waals surface area contributed by atoms with Crippen molar-refractivity contribution in [1.82, 2.24) is 9.62 Å². The van der Waals surface area contributed by atoms with Crippen LogP contribution in [0.4, 0.5) is 5.69 Å². The Morgan fingerprint density at radius 3 is 2.47 bits per heavy atom. The lowest BCUT2D eigenvalue weighted by Crippen LogP contribution is -2.32. The number of ether oxygens (including phenoxy) is 1. The summed E-state index contributed by atoms with van der Waals surface area (Å²) in [6, 6.07) is 11.6. The Morgan fingerprint density at radius 2 is 1.81 bits per heavy atom. The van der Waals surface area contributed by atoms with E-state index in [4.69, 9.17) is 4.74 Å². The molecule has 9 heteroatoms. The Bertz CT molecular complexity index is 1080. The van der Waals surface area contributed by atoms with E-state index in [1.165, 1.54) is 4.31 Å². The van der Waals surface area contributed by atoms with Gasteiger partial charge in [0.25, 0.3) is 5.91 Å². The van der Waals surface area contributed by atoms with Gasteiger partial charge in [-0.25, -0.2) is 8.42 Å². The van der Waals surface area contributed by atoms with Crippen molar-refractivity contribution in [2.45, 2.75) is 44.6 Å². The van der Waals surface area contributed by atoms with E-state index in [2.05, 4.69) is 10.6 Å². The van der Waals surface area contributed by atoms with Crippen molar-refractivity contribution in [3.8, 4) is 5.75 Å².